The second-order valence-corrected chi connectivity index (χ2v) is 10.8. The van der Waals surface area contributed by atoms with Gasteiger partial charge in [-0.1, -0.05) is 56.5 Å². The van der Waals surface area contributed by atoms with Crippen LogP contribution in [0.2, 0.25) is 0 Å². The van der Waals surface area contributed by atoms with Crippen LogP contribution in [-0.2, 0) is 12.8 Å². The Labute approximate surface area is 228 Å². The van der Waals surface area contributed by atoms with E-state index in [0.29, 0.717) is 61.0 Å². The molecule has 3 aromatic carbocycles. The summed E-state index contributed by atoms with van der Waals surface area (Å²) in [5.74, 6) is -3.92. The zero-order valence-corrected chi connectivity index (χ0v) is 22.8. The topological polar surface area (TPSA) is 9.23 Å². The van der Waals surface area contributed by atoms with Gasteiger partial charge in [0.1, 0.15) is 5.82 Å². The standard InChI is InChI=1S/C33H37F5O/c1-3-4-5-6-19-39-29-18-15-25(31(36)33(29)38)10-8-22-9-17-26(28(34)20-22)23-11-13-24(14-12-23)27-16-7-21(2)30(35)32(27)37/h7,9,15-18,20,23-24H,3-6,8,10-14,19H2,1-2H3. The van der Waals surface area contributed by atoms with Crippen LogP contribution in [0.15, 0.2) is 42.5 Å². The molecule has 1 saturated carbocycles. The SMILES string of the molecule is CCCCCCOc1ccc(CCc2ccc(C3CCC(c4ccc(C)c(F)c4F)CC3)c(F)c2)c(F)c1F. The quantitative estimate of drug-likeness (QED) is 0.172. The fraction of sp³-hybridized carbons (Fsp3) is 0.455. The number of aryl methyl sites for hydroxylation is 3. The first-order valence-corrected chi connectivity index (χ1v) is 14.1. The molecule has 4 rings (SSSR count). The monoisotopic (exact) mass is 544 g/mol. The Hall–Kier alpha value is -2.89. The number of hydrogen-bond acceptors (Lipinski definition) is 1. The summed E-state index contributed by atoms with van der Waals surface area (Å²) in [7, 11) is 0. The average Bonchev–Trinajstić information content (AvgIpc) is 2.94. The van der Waals surface area contributed by atoms with Gasteiger partial charge >= 0.3 is 0 Å². The molecule has 0 radical (unpaired) electrons. The van der Waals surface area contributed by atoms with E-state index in [0.717, 1.165) is 25.7 Å². The van der Waals surface area contributed by atoms with E-state index in [4.69, 9.17) is 4.74 Å². The summed E-state index contributed by atoms with van der Waals surface area (Å²) < 4.78 is 78.1. The zero-order valence-electron chi connectivity index (χ0n) is 22.8. The smallest absolute Gasteiger partial charge is 0.200 e. The molecule has 0 bridgehead atoms. The third-order valence-corrected chi connectivity index (χ3v) is 8.04. The van der Waals surface area contributed by atoms with Crippen molar-refractivity contribution in [3.05, 3.63) is 99.4 Å². The summed E-state index contributed by atoms with van der Waals surface area (Å²) >= 11 is 0. The maximum absolute atomic E-state index is 15.1. The molecule has 1 nitrogen and oxygen atoms in total. The maximum atomic E-state index is 15.1. The van der Waals surface area contributed by atoms with Crippen LogP contribution in [0.5, 0.6) is 5.75 Å². The molecular formula is C33H37F5O. The van der Waals surface area contributed by atoms with Crippen molar-refractivity contribution in [1.29, 1.82) is 0 Å². The highest BCUT2D eigenvalue weighted by Gasteiger charge is 2.28. The van der Waals surface area contributed by atoms with Crippen molar-refractivity contribution < 1.29 is 26.7 Å². The molecule has 0 heterocycles. The van der Waals surface area contributed by atoms with Gasteiger partial charge in [-0.2, -0.15) is 4.39 Å². The Balaban J connectivity index is 1.32. The molecule has 1 aliphatic rings. The molecule has 0 unspecified atom stereocenters. The molecule has 39 heavy (non-hydrogen) atoms. The average molecular weight is 545 g/mol. The van der Waals surface area contributed by atoms with Crippen molar-refractivity contribution >= 4 is 0 Å². The summed E-state index contributed by atoms with van der Waals surface area (Å²) in [4.78, 5) is 0. The van der Waals surface area contributed by atoms with Gasteiger partial charge in [0, 0.05) is 0 Å². The van der Waals surface area contributed by atoms with Gasteiger partial charge in [-0.25, -0.2) is 17.6 Å². The number of rotatable bonds is 11. The number of halogens is 5. The van der Waals surface area contributed by atoms with Crippen LogP contribution in [0.3, 0.4) is 0 Å². The first-order chi connectivity index (χ1) is 18.8. The lowest BCUT2D eigenvalue weighted by Gasteiger charge is -2.29. The summed E-state index contributed by atoms with van der Waals surface area (Å²) in [6, 6.07) is 11.3. The van der Waals surface area contributed by atoms with E-state index in [9.17, 15) is 17.6 Å². The summed E-state index contributed by atoms with van der Waals surface area (Å²) in [5, 5.41) is 0. The lowest BCUT2D eigenvalue weighted by molar-refractivity contribution is 0.284. The van der Waals surface area contributed by atoms with Crippen LogP contribution in [-0.4, -0.2) is 6.61 Å². The first-order valence-electron chi connectivity index (χ1n) is 14.1. The minimum absolute atomic E-state index is 0.00899. The Kier molecular flexibility index (Phi) is 10.0. The second kappa shape index (κ2) is 13.5. The molecule has 0 aliphatic heterocycles. The third kappa shape index (κ3) is 7.01. The lowest BCUT2D eigenvalue weighted by atomic mass is 9.75. The summed E-state index contributed by atoms with van der Waals surface area (Å²) in [6.07, 6.45) is 7.27. The van der Waals surface area contributed by atoms with Crippen LogP contribution in [0.1, 0.15) is 97.9 Å². The zero-order chi connectivity index (χ0) is 27.9. The van der Waals surface area contributed by atoms with Gasteiger partial charge in [-0.05, 0) is 104 Å². The highest BCUT2D eigenvalue weighted by molar-refractivity contribution is 5.34. The predicted octanol–water partition coefficient (Wildman–Crippen LogP) is 9.88. The van der Waals surface area contributed by atoms with E-state index in [2.05, 4.69) is 6.92 Å². The molecule has 6 heteroatoms. The van der Waals surface area contributed by atoms with Crippen LogP contribution in [0.25, 0.3) is 0 Å². The molecule has 0 saturated heterocycles. The largest absolute Gasteiger partial charge is 0.490 e. The van der Waals surface area contributed by atoms with Crippen LogP contribution >= 0.6 is 0 Å². The van der Waals surface area contributed by atoms with Gasteiger partial charge < -0.3 is 4.74 Å². The fourth-order valence-electron chi connectivity index (χ4n) is 5.62. The summed E-state index contributed by atoms with van der Waals surface area (Å²) in [6.45, 7) is 4.00. The van der Waals surface area contributed by atoms with Crippen molar-refractivity contribution in [2.75, 3.05) is 6.61 Å². The molecule has 1 aliphatic carbocycles. The van der Waals surface area contributed by atoms with Crippen LogP contribution in [0, 0.1) is 36.0 Å². The highest BCUT2D eigenvalue weighted by Crippen LogP contribution is 2.42. The van der Waals surface area contributed by atoms with Crippen molar-refractivity contribution in [2.24, 2.45) is 0 Å². The van der Waals surface area contributed by atoms with Crippen LogP contribution < -0.4 is 4.74 Å². The van der Waals surface area contributed by atoms with Crippen molar-refractivity contribution in [3.8, 4) is 5.75 Å². The highest BCUT2D eigenvalue weighted by atomic mass is 19.2. The van der Waals surface area contributed by atoms with Gasteiger partial charge in [-0.3, -0.25) is 0 Å². The van der Waals surface area contributed by atoms with E-state index in [1.807, 2.05) is 6.07 Å². The fourth-order valence-corrected chi connectivity index (χ4v) is 5.62. The Bertz CT molecular complexity index is 1260. The van der Waals surface area contributed by atoms with Gasteiger partial charge in [0.2, 0.25) is 5.82 Å². The molecule has 0 amide bonds. The minimum atomic E-state index is -0.978. The summed E-state index contributed by atoms with van der Waals surface area (Å²) in [5.41, 5.74) is 2.25. The lowest BCUT2D eigenvalue weighted by Crippen LogP contribution is -2.15. The van der Waals surface area contributed by atoms with E-state index in [1.165, 1.54) is 18.2 Å². The number of ether oxygens (including phenoxy) is 1. The number of benzene rings is 3. The number of unbranched alkanes of at least 4 members (excludes halogenated alkanes) is 3. The van der Waals surface area contributed by atoms with Crippen molar-refractivity contribution in [1.82, 2.24) is 0 Å². The molecule has 0 spiro atoms. The Morgan fingerprint density at radius 2 is 1.38 bits per heavy atom. The van der Waals surface area contributed by atoms with Gasteiger partial charge in [0.15, 0.2) is 23.2 Å². The maximum Gasteiger partial charge on any atom is 0.200 e. The van der Waals surface area contributed by atoms with Crippen molar-refractivity contribution in [2.45, 2.75) is 89.9 Å². The molecule has 3 aromatic rings. The van der Waals surface area contributed by atoms with Gasteiger partial charge in [-0.15, -0.1) is 0 Å². The molecule has 210 valence electrons. The van der Waals surface area contributed by atoms with E-state index < -0.39 is 23.3 Å². The first kappa shape index (κ1) is 29.1. The van der Waals surface area contributed by atoms with Gasteiger partial charge in [0.25, 0.3) is 0 Å². The van der Waals surface area contributed by atoms with E-state index in [-0.39, 0.29) is 35.4 Å². The van der Waals surface area contributed by atoms with Crippen molar-refractivity contribution in [3.63, 3.8) is 0 Å². The predicted molar refractivity (Wildman–Crippen MR) is 145 cm³/mol. The van der Waals surface area contributed by atoms with Crippen LogP contribution in [0.4, 0.5) is 22.0 Å². The minimum Gasteiger partial charge on any atom is -0.490 e. The number of hydrogen-bond donors (Lipinski definition) is 0. The van der Waals surface area contributed by atoms with E-state index >= 15 is 4.39 Å². The Morgan fingerprint density at radius 3 is 2.08 bits per heavy atom. The molecule has 0 atom stereocenters. The van der Waals surface area contributed by atoms with Gasteiger partial charge in [0.05, 0.1) is 6.61 Å². The molecule has 0 aromatic heterocycles. The third-order valence-electron chi connectivity index (χ3n) is 8.04. The molecule has 0 N–H and O–H groups in total. The van der Waals surface area contributed by atoms with E-state index in [1.54, 1.807) is 25.1 Å². The molecular weight excluding hydrogens is 507 g/mol. The Morgan fingerprint density at radius 1 is 0.692 bits per heavy atom. The molecule has 1 fully saturated rings. The normalized spacial score (nSPS) is 17.4. The second-order valence-electron chi connectivity index (χ2n) is 10.8.